The Hall–Kier alpha value is -1.06. The number of fused-ring (bicyclic) bond motifs is 1. The van der Waals surface area contributed by atoms with Gasteiger partial charge < -0.3 is 9.47 Å². The molecule has 114 valence electrons. The van der Waals surface area contributed by atoms with Gasteiger partial charge in [-0.05, 0) is 63.9 Å². The summed E-state index contributed by atoms with van der Waals surface area (Å²) in [5.41, 5.74) is 3.57. The van der Waals surface area contributed by atoms with Gasteiger partial charge in [-0.3, -0.25) is 0 Å². The van der Waals surface area contributed by atoms with Gasteiger partial charge in [-0.2, -0.15) is 0 Å². The van der Waals surface area contributed by atoms with Crippen molar-refractivity contribution < 1.29 is 0 Å². The summed E-state index contributed by atoms with van der Waals surface area (Å²) in [4.78, 5) is 7.19. The molecule has 2 aromatic rings. The third kappa shape index (κ3) is 3.09. The number of nitrogens with zero attached hydrogens (tertiary/aromatic N) is 3. The highest BCUT2D eigenvalue weighted by Crippen LogP contribution is 2.28. The van der Waals surface area contributed by atoms with E-state index in [4.69, 9.17) is 16.6 Å². The van der Waals surface area contributed by atoms with Crippen molar-refractivity contribution in [2.24, 2.45) is 5.92 Å². The molecule has 0 spiro atoms. The van der Waals surface area contributed by atoms with Gasteiger partial charge in [-0.25, -0.2) is 4.98 Å². The second-order valence-corrected chi connectivity index (χ2v) is 7.11. The molecule has 3 nitrogen and oxygen atoms in total. The molecule has 2 unspecified atom stereocenters. The molecule has 0 saturated carbocycles. The molecule has 0 bridgehead atoms. The smallest absolute Gasteiger partial charge is 0.127 e. The van der Waals surface area contributed by atoms with E-state index in [9.17, 15) is 0 Å². The Balaban J connectivity index is 1.98. The maximum atomic E-state index is 6.37. The lowest BCUT2D eigenvalue weighted by molar-refractivity contribution is 0.194. The van der Waals surface area contributed by atoms with Crippen molar-refractivity contribution >= 4 is 22.6 Å². The Morgan fingerprint density at radius 2 is 2.24 bits per heavy atom. The van der Waals surface area contributed by atoms with Crippen LogP contribution in [0.3, 0.4) is 0 Å². The molecular weight excluding hydrogens is 282 g/mol. The van der Waals surface area contributed by atoms with Crippen molar-refractivity contribution in [1.29, 1.82) is 0 Å². The average molecular weight is 306 g/mol. The standard InChI is InChI=1S/C17H24ClN3/c1-12-6-7-15-16(9-12)21(17(19-15)13(2)18)11-14-5-4-8-20(3)10-14/h6-7,9,13-14H,4-5,8,10-11H2,1-3H3. The molecule has 1 aliphatic heterocycles. The van der Waals surface area contributed by atoms with Crippen molar-refractivity contribution in [1.82, 2.24) is 14.5 Å². The fraction of sp³-hybridized carbons (Fsp3) is 0.588. The number of rotatable bonds is 3. The summed E-state index contributed by atoms with van der Waals surface area (Å²) in [6.07, 6.45) is 2.59. The summed E-state index contributed by atoms with van der Waals surface area (Å²) in [6, 6.07) is 6.46. The number of likely N-dealkylation sites (tertiary alicyclic amines) is 1. The predicted octanol–water partition coefficient (Wildman–Crippen LogP) is 3.99. The van der Waals surface area contributed by atoms with E-state index in [1.54, 1.807) is 0 Å². The van der Waals surface area contributed by atoms with E-state index >= 15 is 0 Å². The van der Waals surface area contributed by atoms with Gasteiger partial charge in [0.05, 0.1) is 16.4 Å². The summed E-state index contributed by atoms with van der Waals surface area (Å²) in [6.45, 7) is 7.56. The molecule has 0 aliphatic carbocycles. The lowest BCUT2D eigenvalue weighted by Gasteiger charge is -2.30. The summed E-state index contributed by atoms with van der Waals surface area (Å²) in [5, 5.41) is -0.0565. The van der Waals surface area contributed by atoms with Crippen LogP contribution in [0.25, 0.3) is 11.0 Å². The van der Waals surface area contributed by atoms with Crippen LogP contribution < -0.4 is 0 Å². The molecule has 0 amide bonds. The van der Waals surface area contributed by atoms with E-state index in [-0.39, 0.29) is 5.38 Å². The number of benzene rings is 1. The van der Waals surface area contributed by atoms with Crippen molar-refractivity contribution in [3.05, 3.63) is 29.6 Å². The first-order valence-electron chi connectivity index (χ1n) is 7.84. The van der Waals surface area contributed by atoms with Gasteiger partial charge in [0.1, 0.15) is 5.82 Å². The molecule has 4 heteroatoms. The highest BCUT2D eigenvalue weighted by atomic mass is 35.5. The molecule has 0 N–H and O–H groups in total. The topological polar surface area (TPSA) is 21.1 Å². The Morgan fingerprint density at radius 3 is 2.95 bits per heavy atom. The zero-order valence-corrected chi connectivity index (χ0v) is 13.9. The summed E-state index contributed by atoms with van der Waals surface area (Å²) >= 11 is 6.37. The fourth-order valence-corrected chi connectivity index (χ4v) is 3.59. The van der Waals surface area contributed by atoms with Crippen LogP contribution >= 0.6 is 11.6 Å². The second kappa shape index (κ2) is 5.98. The van der Waals surface area contributed by atoms with E-state index in [1.807, 2.05) is 6.92 Å². The van der Waals surface area contributed by atoms with Crippen molar-refractivity contribution in [2.75, 3.05) is 20.1 Å². The number of imidazole rings is 1. The van der Waals surface area contributed by atoms with Crippen LogP contribution in [0, 0.1) is 12.8 Å². The number of piperidine rings is 1. The molecule has 0 radical (unpaired) electrons. The van der Waals surface area contributed by atoms with Crippen LogP contribution in [0.2, 0.25) is 0 Å². The molecule has 1 aromatic carbocycles. The Bertz CT molecular complexity index is 632. The maximum Gasteiger partial charge on any atom is 0.127 e. The molecule has 1 aromatic heterocycles. The van der Waals surface area contributed by atoms with Crippen molar-refractivity contribution in [3.63, 3.8) is 0 Å². The Kier molecular flexibility index (Phi) is 4.23. The quantitative estimate of drug-likeness (QED) is 0.800. The molecule has 21 heavy (non-hydrogen) atoms. The van der Waals surface area contributed by atoms with Crippen LogP contribution in [-0.2, 0) is 6.54 Å². The molecule has 2 atom stereocenters. The average Bonchev–Trinajstić information content (AvgIpc) is 2.77. The lowest BCUT2D eigenvalue weighted by Crippen LogP contribution is -2.34. The lowest BCUT2D eigenvalue weighted by atomic mass is 9.98. The zero-order chi connectivity index (χ0) is 15.0. The molecule has 1 aliphatic rings. The van der Waals surface area contributed by atoms with E-state index in [0.29, 0.717) is 5.92 Å². The van der Waals surface area contributed by atoms with E-state index in [1.165, 1.54) is 37.0 Å². The Labute approximate surface area is 131 Å². The Morgan fingerprint density at radius 1 is 1.43 bits per heavy atom. The molecule has 2 heterocycles. The minimum absolute atomic E-state index is 0.0565. The summed E-state index contributed by atoms with van der Waals surface area (Å²) in [5.74, 6) is 1.70. The fourth-order valence-electron chi connectivity index (χ4n) is 3.43. The van der Waals surface area contributed by atoms with E-state index in [2.05, 4.69) is 41.6 Å². The summed E-state index contributed by atoms with van der Waals surface area (Å²) in [7, 11) is 2.22. The van der Waals surface area contributed by atoms with Gasteiger partial charge in [0.2, 0.25) is 0 Å². The van der Waals surface area contributed by atoms with Crippen LogP contribution in [0.5, 0.6) is 0 Å². The highest BCUT2D eigenvalue weighted by molar-refractivity contribution is 6.20. The van der Waals surface area contributed by atoms with Gasteiger partial charge in [0, 0.05) is 13.1 Å². The number of aromatic nitrogens is 2. The van der Waals surface area contributed by atoms with Gasteiger partial charge in [0.25, 0.3) is 0 Å². The first-order valence-corrected chi connectivity index (χ1v) is 8.27. The number of aryl methyl sites for hydroxylation is 1. The van der Waals surface area contributed by atoms with Crippen LogP contribution in [0.15, 0.2) is 18.2 Å². The minimum Gasteiger partial charge on any atom is -0.326 e. The number of hydrogen-bond donors (Lipinski definition) is 0. The van der Waals surface area contributed by atoms with Crippen molar-refractivity contribution in [2.45, 2.75) is 38.6 Å². The minimum atomic E-state index is -0.0565. The van der Waals surface area contributed by atoms with E-state index in [0.717, 1.165) is 17.9 Å². The molecule has 3 rings (SSSR count). The molecular formula is C17H24ClN3. The van der Waals surface area contributed by atoms with E-state index < -0.39 is 0 Å². The van der Waals surface area contributed by atoms with Gasteiger partial charge in [-0.1, -0.05) is 6.07 Å². The van der Waals surface area contributed by atoms with Crippen LogP contribution in [0.1, 0.15) is 36.5 Å². The third-order valence-corrected chi connectivity index (χ3v) is 4.65. The van der Waals surface area contributed by atoms with Gasteiger partial charge >= 0.3 is 0 Å². The first kappa shape index (κ1) is 14.9. The van der Waals surface area contributed by atoms with Crippen LogP contribution in [-0.4, -0.2) is 34.6 Å². The number of halogens is 1. The second-order valence-electron chi connectivity index (χ2n) is 6.46. The van der Waals surface area contributed by atoms with Crippen LogP contribution in [0.4, 0.5) is 0 Å². The molecule has 1 fully saturated rings. The van der Waals surface area contributed by atoms with Gasteiger partial charge in [0.15, 0.2) is 0 Å². The monoisotopic (exact) mass is 305 g/mol. The molecule has 1 saturated heterocycles. The first-order chi connectivity index (χ1) is 10.0. The highest BCUT2D eigenvalue weighted by Gasteiger charge is 2.21. The normalized spacial score (nSPS) is 21.8. The largest absolute Gasteiger partial charge is 0.326 e. The zero-order valence-electron chi connectivity index (χ0n) is 13.1. The SMILES string of the molecule is Cc1ccc2nc(C(C)Cl)n(CC3CCCN(C)C3)c2c1. The maximum absolute atomic E-state index is 6.37. The summed E-state index contributed by atoms with van der Waals surface area (Å²) < 4.78 is 2.35. The number of hydrogen-bond acceptors (Lipinski definition) is 2. The number of alkyl halides is 1. The predicted molar refractivity (Wildman–Crippen MR) is 89.0 cm³/mol. The van der Waals surface area contributed by atoms with Gasteiger partial charge in [-0.15, -0.1) is 11.6 Å². The van der Waals surface area contributed by atoms with Crippen molar-refractivity contribution in [3.8, 4) is 0 Å². The third-order valence-electron chi connectivity index (χ3n) is 4.45.